The largest absolute Gasteiger partial charge is 0.389 e. The number of hydrogen-bond donors (Lipinski definition) is 2. The highest BCUT2D eigenvalue weighted by molar-refractivity contribution is 5.93. The molecule has 5 nitrogen and oxygen atoms in total. The Morgan fingerprint density at radius 3 is 2.82 bits per heavy atom. The van der Waals surface area contributed by atoms with Gasteiger partial charge in [0, 0.05) is 19.8 Å². The quantitative estimate of drug-likeness (QED) is 0.360. The number of allylic oxidation sites excluding steroid dienone is 1. The van der Waals surface area contributed by atoms with Crippen LogP contribution in [0.2, 0.25) is 0 Å². The van der Waals surface area contributed by atoms with Crippen molar-refractivity contribution >= 4 is 11.8 Å². The molecule has 1 heterocycles. The second kappa shape index (κ2) is 11.4. The van der Waals surface area contributed by atoms with Crippen molar-refractivity contribution in [2.24, 2.45) is 17.8 Å². The topological polar surface area (TPSA) is 75.6 Å². The molecule has 2 aliphatic rings. The zero-order chi connectivity index (χ0) is 20.5. The molecule has 1 saturated carbocycles. The monoisotopic (exact) mass is 389 g/mol. The number of carbonyl (C=O) groups is 2. The van der Waals surface area contributed by atoms with Gasteiger partial charge >= 0.3 is 0 Å². The van der Waals surface area contributed by atoms with Gasteiger partial charge in [-0.25, -0.2) is 0 Å². The first-order valence-corrected chi connectivity index (χ1v) is 10.6. The molecule has 2 N–H and O–H groups in total. The number of unbranched alkanes of at least 4 members (excludes halogenated alkanes) is 1. The molecule has 6 atom stereocenters. The summed E-state index contributed by atoms with van der Waals surface area (Å²) >= 11 is 0. The molecule has 0 aromatic rings. The lowest BCUT2D eigenvalue weighted by Crippen LogP contribution is -2.27. The van der Waals surface area contributed by atoms with E-state index in [1.165, 1.54) is 6.92 Å². The number of aliphatic hydroxyl groups is 1. The molecule has 1 aliphatic carbocycles. The molecule has 1 aliphatic heterocycles. The van der Waals surface area contributed by atoms with Crippen LogP contribution in [0.1, 0.15) is 72.1 Å². The highest BCUT2D eigenvalue weighted by Gasteiger charge is 2.43. The smallest absolute Gasteiger partial charge is 0.226 e. The van der Waals surface area contributed by atoms with Crippen LogP contribution >= 0.6 is 0 Å². The lowest BCUT2D eigenvalue weighted by atomic mass is 9.89. The van der Waals surface area contributed by atoms with Crippen LogP contribution in [0.5, 0.6) is 0 Å². The highest BCUT2D eigenvalue weighted by atomic mass is 16.5. The molecule has 0 spiro atoms. The Labute approximate surface area is 169 Å². The van der Waals surface area contributed by atoms with E-state index in [1.807, 2.05) is 19.9 Å². The van der Waals surface area contributed by atoms with Crippen molar-refractivity contribution in [2.45, 2.75) is 90.4 Å². The van der Waals surface area contributed by atoms with Crippen LogP contribution in [0, 0.1) is 29.6 Å². The third kappa shape index (κ3) is 7.07. The van der Waals surface area contributed by atoms with Crippen LogP contribution in [0.4, 0.5) is 0 Å². The van der Waals surface area contributed by atoms with Crippen molar-refractivity contribution < 1.29 is 19.4 Å². The molecule has 0 bridgehead atoms. The highest BCUT2D eigenvalue weighted by Crippen LogP contribution is 2.44. The van der Waals surface area contributed by atoms with E-state index in [1.54, 1.807) is 0 Å². The van der Waals surface area contributed by atoms with Crippen molar-refractivity contribution in [1.29, 1.82) is 0 Å². The van der Waals surface area contributed by atoms with Gasteiger partial charge in [0.2, 0.25) is 11.8 Å². The average Bonchev–Trinajstić information content (AvgIpc) is 3.21. The molecule has 2 rings (SSSR count). The Kier molecular flexibility index (Phi) is 9.21. The predicted molar refractivity (Wildman–Crippen MR) is 109 cm³/mol. The van der Waals surface area contributed by atoms with E-state index in [4.69, 9.17) is 4.74 Å². The summed E-state index contributed by atoms with van der Waals surface area (Å²) in [4.78, 5) is 22.3. The normalized spacial score (nSPS) is 28.4. The van der Waals surface area contributed by atoms with E-state index in [2.05, 4.69) is 23.2 Å². The second-order valence-electron chi connectivity index (χ2n) is 8.27. The number of amides is 2. The summed E-state index contributed by atoms with van der Waals surface area (Å²) in [5.74, 6) is 6.60. The van der Waals surface area contributed by atoms with E-state index >= 15 is 0 Å². The summed E-state index contributed by atoms with van der Waals surface area (Å²) in [5, 5.41) is 12.6. The van der Waals surface area contributed by atoms with Crippen LogP contribution in [0.15, 0.2) is 12.2 Å². The zero-order valence-electron chi connectivity index (χ0n) is 17.4. The van der Waals surface area contributed by atoms with E-state index in [0.717, 1.165) is 38.5 Å². The van der Waals surface area contributed by atoms with Crippen LogP contribution in [0.25, 0.3) is 0 Å². The van der Waals surface area contributed by atoms with Crippen molar-refractivity contribution in [2.75, 3.05) is 0 Å². The number of fused-ring (bicyclic) bond motifs is 1. The van der Waals surface area contributed by atoms with Crippen LogP contribution < -0.4 is 5.32 Å². The molecule has 2 fully saturated rings. The van der Waals surface area contributed by atoms with Crippen LogP contribution in [-0.2, 0) is 14.3 Å². The van der Waals surface area contributed by atoms with Crippen molar-refractivity contribution in [3.63, 3.8) is 0 Å². The van der Waals surface area contributed by atoms with Gasteiger partial charge in [-0.2, -0.15) is 0 Å². The predicted octanol–water partition coefficient (Wildman–Crippen LogP) is 3.36. The molecular weight excluding hydrogens is 354 g/mol. The number of imide groups is 1. The summed E-state index contributed by atoms with van der Waals surface area (Å²) in [6.45, 7) is 5.21. The van der Waals surface area contributed by atoms with Crippen molar-refractivity contribution in [1.82, 2.24) is 5.32 Å². The first-order valence-electron chi connectivity index (χ1n) is 10.6. The Hall–Kier alpha value is -1.64. The minimum absolute atomic E-state index is 0.147. The second-order valence-corrected chi connectivity index (χ2v) is 8.27. The molecule has 1 saturated heterocycles. The average molecular weight is 390 g/mol. The van der Waals surface area contributed by atoms with Gasteiger partial charge < -0.3 is 9.84 Å². The first kappa shape index (κ1) is 22.6. The lowest BCUT2D eigenvalue weighted by Gasteiger charge is -2.16. The van der Waals surface area contributed by atoms with E-state index in [9.17, 15) is 14.7 Å². The van der Waals surface area contributed by atoms with Crippen molar-refractivity contribution in [3.05, 3.63) is 12.2 Å². The molecule has 0 aromatic heterocycles. The minimum atomic E-state index is -0.445. The van der Waals surface area contributed by atoms with Gasteiger partial charge in [-0.3, -0.25) is 14.9 Å². The molecule has 156 valence electrons. The minimum Gasteiger partial charge on any atom is -0.389 e. The molecule has 1 unspecified atom stereocenters. The Bertz CT molecular complexity index is 618. The number of rotatable bonds is 9. The fourth-order valence-corrected chi connectivity index (χ4v) is 4.33. The summed E-state index contributed by atoms with van der Waals surface area (Å²) in [6, 6.07) is 0. The summed E-state index contributed by atoms with van der Waals surface area (Å²) in [5.41, 5.74) is 0. The van der Waals surface area contributed by atoms with Crippen LogP contribution in [-0.4, -0.2) is 35.2 Å². The zero-order valence-corrected chi connectivity index (χ0v) is 17.4. The van der Waals surface area contributed by atoms with E-state index < -0.39 is 6.10 Å². The van der Waals surface area contributed by atoms with Gasteiger partial charge in [-0.1, -0.05) is 25.5 Å². The van der Waals surface area contributed by atoms with Gasteiger partial charge in [0.1, 0.15) is 0 Å². The summed E-state index contributed by atoms with van der Waals surface area (Å²) in [6.07, 6.45) is 11.4. The van der Waals surface area contributed by atoms with E-state index in [-0.39, 0.29) is 23.8 Å². The Morgan fingerprint density at radius 1 is 1.32 bits per heavy atom. The van der Waals surface area contributed by atoms with Crippen molar-refractivity contribution in [3.8, 4) is 11.8 Å². The summed E-state index contributed by atoms with van der Waals surface area (Å²) < 4.78 is 6.23. The summed E-state index contributed by atoms with van der Waals surface area (Å²) in [7, 11) is 0. The SMILES string of the molecule is CC#CCC(C)[C@H](O)/C=C/[C@H]1CC[C@@H]2O[C@H](CCCCC(=O)NC(C)=O)C[C@@H]21. The lowest BCUT2D eigenvalue weighted by molar-refractivity contribution is -0.129. The van der Waals surface area contributed by atoms with Gasteiger partial charge in [-0.15, -0.1) is 11.8 Å². The number of aliphatic hydroxyl groups excluding tert-OH is 1. The molecule has 0 aromatic carbocycles. The number of nitrogens with one attached hydrogen (secondary N) is 1. The third-order valence-electron chi connectivity index (χ3n) is 5.95. The standard InChI is InChI=1S/C23H35NO4/c1-4-5-8-16(2)21(26)13-11-18-12-14-22-20(18)15-19(28-22)9-6-7-10-23(27)24-17(3)25/h11,13,16,18-22,26H,6-10,12,14-15H2,1-3H3,(H,24,25,27)/b13-11+/t16?,18-,19+,20+,21+,22-/m0/s1. The Morgan fingerprint density at radius 2 is 2.11 bits per heavy atom. The van der Waals surface area contributed by atoms with Gasteiger partial charge in [0.25, 0.3) is 0 Å². The molecule has 0 radical (unpaired) electrons. The third-order valence-corrected chi connectivity index (χ3v) is 5.95. The maximum absolute atomic E-state index is 11.5. The Balaban J connectivity index is 1.71. The first-order chi connectivity index (χ1) is 13.4. The maximum Gasteiger partial charge on any atom is 0.226 e. The number of ether oxygens (including phenoxy) is 1. The molecule has 2 amide bonds. The van der Waals surface area contributed by atoms with E-state index in [0.29, 0.717) is 30.8 Å². The van der Waals surface area contributed by atoms with Crippen LogP contribution in [0.3, 0.4) is 0 Å². The molecule has 28 heavy (non-hydrogen) atoms. The van der Waals surface area contributed by atoms with Gasteiger partial charge in [0.05, 0.1) is 18.3 Å². The number of carbonyl (C=O) groups excluding carboxylic acids is 2. The van der Waals surface area contributed by atoms with Gasteiger partial charge in [0.15, 0.2) is 0 Å². The molecular formula is C23H35NO4. The maximum atomic E-state index is 11.5. The fourth-order valence-electron chi connectivity index (χ4n) is 4.33. The van der Waals surface area contributed by atoms with Gasteiger partial charge in [-0.05, 0) is 56.8 Å². The fraction of sp³-hybridized carbons (Fsp3) is 0.739. The molecule has 5 heteroatoms. The number of hydrogen-bond acceptors (Lipinski definition) is 4.